The first-order chi connectivity index (χ1) is 9.65. The second kappa shape index (κ2) is 7.04. The van der Waals surface area contributed by atoms with E-state index in [1.54, 1.807) is 12.1 Å². The standard InChI is InChI=1S/C14H19BrN2O3/c1-2-16(10-13-4-3-7-20-13)14-6-5-12(17(18)19)8-11(14)9-15/h5-6,8,13H,2-4,7,9-10H2,1H3. The Labute approximate surface area is 127 Å². The number of hydrogen-bond acceptors (Lipinski definition) is 4. The Bertz CT molecular complexity index is 475. The van der Waals surface area contributed by atoms with E-state index in [9.17, 15) is 10.1 Å². The molecule has 1 saturated heterocycles. The van der Waals surface area contributed by atoms with Crippen molar-refractivity contribution in [3.8, 4) is 0 Å². The molecule has 2 rings (SSSR count). The summed E-state index contributed by atoms with van der Waals surface area (Å²) in [4.78, 5) is 12.7. The quantitative estimate of drug-likeness (QED) is 0.451. The van der Waals surface area contributed by atoms with Gasteiger partial charge in [-0.1, -0.05) is 15.9 Å². The third-order valence-electron chi connectivity index (χ3n) is 3.59. The number of nitro benzene ring substituents is 1. The van der Waals surface area contributed by atoms with Crippen LogP contribution in [0.5, 0.6) is 0 Å². The lowest BCUT2D eigenvalue weighted by molar-refractivity contribution is -0.384. The van der Waals surface area contributed by atoms with Gasteiger partial charge in [-0.05, 0) is 31.4 Å². The first kappa shape index (κ1) is 15.3. The zero-order valence-corrected chi connectivity index (χ0v) is 13.1. The van der Waals surface area contributed by atoms with Crippen molar-refractivity contribution in [3.63, 3.8) is 0 Å². The van der Waals surface area contributed by atoms with Crippen molar-refractivity contribution in [2.45, 2.75) is 31.2 Å². The van der Waals surface area contributed by atoms with Gasteiger partial charge in [0.1, 0.15) is 0 Å². The molecule has 0 radical (unpaired) electrons. The monoisotopic (exact) mass is 342 g/mol. The Morgan fingerprint density at radius 3 is 2.90 bits per heavy atom. The fourth-order valence-electron chi connectivity index (χ4n) is 2.53. The summed E-state index contributed by atoms with van der Waals surface area (Å²) in [5.74, 6) is 0. The minimum absolute atomic E-state index is 0.136. The maximum Gasteiger partial charge on any atom is 0.269 e. The van der Waals surface area contributed by atoms with Gasteiger partial charge >= 0.3 is 0 Å². The van der Waals surface area contributed by atoms with Crippen molar-refractivity contribution in [3.05, 3.63) is 33.9 Å². The Hall–Kier alpha value is -1.14. The van der Waals surface area contributed by atoms with Gasteiger partial charge < -0.3 is 9.64 Å². The van der Waals surface area contributed by atoms with Crippen molar-refractivity contribution < 1.29 is 9.66 Å². The number of rotatable bonds is 6. The van der Waals surface area contributed by atoms with Crippen LogP contribution in [0.1, 0.15) is 25.3 Å². The lowest BCUT2D eigenvalue weighted by Crippen LogP contribution is -2.32. The van der Waals surface area contributed by atoms with Crippen LogP contribution in [0.15, 0.2) is 18.2 Å². The van der Waals surface area contributed by atoms with Crippen molar-refractivity contribution >= 4 is 27.3 Å². The fraction of sp³-hybridized carbons (Fsp3) is 0.571. The molecule has 1 aliphatic rings. The molecule has 0 aromatic heterocycles. The van der Waals surface area contributed by atoms with E-state index in [0.717, 1.165) is 43.8 Å². The van der Waals surface area contributed by atoms with E-state index < -0.39 is 0 Å². The smallest absolute Gasteiger partial charge is 0.269 e. The first-order valence-electron chi connectivity index (χ1n) is 6.85. The maximum atomic E-state index is 10.9. The highest BCUT2D eigenvalue weighted by atomic mass is 79.9. The number of hydrogen-bond donors (Lipinski definition) is 0. The van der Waals surface area contributed by atoms with E-state index in [1.807, 2.05) is 6.07 Å². The van der Waals surface area contributed by atoms with Crippen LogP contribution in [-0.4, -0.2) is 30.7 Å². The topological polar surface area (TPSA) is 55.6 Å². The number of alkyl halides is 1. The van der Waals surface area contributed by atoms with Crippen LogP contribution in [0.25, 0.3) is 0 Å². The average molecular weight is 343 g/mol. The van der Waals surface area contributed by atoms with Crippen LogP contribution >= 0.6 is 15.9 Å². The minimum Gasteiger partial charge on any atom is -0.376 e. The fourth-order valence-corrected chi connectivity index (χ4v) is 2.98. The molecule has 20 heavy (non-hydrogen) atoms. The van der Waals surface area contributed by atoms with Gasteiger partial charge in [0, 0.05) is 42.8 Å². The highest BCUT2D eigenvalue weighted by Gasteiger charge is 2.21. The Morgan fingerprint density at radius 2 is 2.35 bits per heavy atom. The van der Waals surface area contributed by atoms with Gasteiger partial charge in [-0.15, -0.1) is 0 Å². The van der Waals surface area contributed by atoms with Gasteiger partial charge in [0.15, 0.2) is 0 Å². The average Bonchev–Trinajstić information content (AvgIpc) is 2.97. The number of ether oxygens (including phenoxy) is 1. The first-order valence-corrected chi connectivity index (χ1v) is 7.97. The van der Waals surface area contributed by atoms with Crippen molar-refractivity contribution in [1.29, 1.82) is 0 Å². The number of benzene rings is 1. The van der Waals surface area contributed by atoms with Crippen LogP contribution in [-0.2, 0) is 10.1 Å². The molecule has 1 aliphatic heterocycles. The van der Waals surface area contributed by atoms with Crippen molar-refractivity contribution in [2.75, 3.05) is 24.6 Å². The summed E-state index contributed by atoms with van der Waals surface area (Å²) in [6, 6.07) is 5.05. The Balaban J connectivity index is 2.21. The highest BCUT2D eigenvalue weighted by Crippen LogP contribution is 2.28. The number of nitrogens with zero attached hydrogens (tertiary/aromatic N) is 2. The largest absolute Gasteiger partial charge is 0.376 e. The molecule has 1 fully saturated rings. The van der Waals surface area contributed by atoms with Crippen LogP contribution < -0.4 is 4.90 Å². The number of anilines is 1. The van der Waals surface area contributed by atoms with Gasteiger partial charge in [0.2, 0.25) is 0 Å². The molecule has 1 aromatic carbocycles. The molecule has 6 heteroatoms. The lowest BCUT2D eigenvalue weighted by Gasteiger charge is -2.27. The molecule has 110 valence electrons. The summed E-state index contributed by atoms with van der Waals surface area (Å²) < 4.78 is 5.68. The second-order valence-corrected chi connectivity index (χ2v) is 5.44. The molecule has 0 saturated carbocycles. The molecular formula is C14H19BrN2O3. The zero-order chi connectivity index (χ0) is 14.5. The van der Waals surface area contributed by atoms with Gasteiger partial charge in [-0.3, -0.25) is 10.1 Å². The number of likely N-dealkylation sites (N-methyl/N-ethyl adjacent to an activating group) is 1. The molecular weight excluding hydrogens is 324 g/mol. The van der Waals surface area contributed by atoms with Crippen LogP contribution in [0.3, 0.4) is 0 Å². The third-order valence-corrected chi connectivity index (χ3v) is 4.19. The summed E-state index contributed by atoms with van der Waals surface area (Å²) in [5, 5.41) is 11.5. The van der Waals surface area contributed by atoms with Gasteiger partial charge in [-0.25, -0.2) is 0 Å². The van der Waals surface area contributed by atoms with E-state index in [0.29, 0.717) is 5.33 Å². The molecule has 0 aliphatic carbocycles. The van der Waals surface area contributed by atoms with Crippen molar-refractivity contribution in [2.24, 2.45) is 0 Å². The summed E-state index contributed by atoms with van der Waals surface area (Å²) in [7, 11) is 0. The molecule has 1 unspecified atom stereocenters. The SMILES string of the molecule is CCN(CC1CCCO1)c1ccc([N+](=O)[O-])cc1CBr. The van der Waals surface area contributed by atoms with Gasteiger partial charge in [0.05, 0.1) is 11.0 Å². The van der Waals surface area contributed by atoms with Crippen LogP contribution in [0.4, 0.5) is 11.4 Å². The normalized spacial score (nSPS) is 18.2. The number of halogens is 1. The molecule has 0 N–H and O–H groups in total. The lowest BCUT2D eigenvalue weighted by atomic mass is 10.1. The zero-order valence-electron chi connectivity index (χ0n) is 11.5. The van der Waals surface area contributed by atoms with Gasteiger partial charge in [0.25, 0.3) is 5.69 Å². The Morgan fingerprint density at radius 1 is 1.55 bits per heavy atom. The summed E-state index contributed by atoms with van der Waals surface area (Å²) >= 11 is 3.42. The highest BCUT2D eigenvalue weighted by molar-refractivity contribution is 9.08. The third kappa shape index (κ3) is 3.49. The summed E-state index contributed by atoms with van der Waals surface area (Å²) in [6.45, 7) is 4.63. The molecule has 1 heterocycles. The minimum atomic E-state index is -0.355. The molecule has 1 atom stereocenters. The summed E-state index contributed by atoms with van der Waals surface area (Å²) in [6.07, 6.45) is 2.48. The van der Waals surface area contributed by atoms with E-state index in [4.69, 9.17) is 4.74 Å². The number of nitro groups is 1. The van der Waals surface area contributed by atoms with E-state index in [2.05, 4.69) is 27.8 Å². The predicted molar refractivity (Wildman–Crippen MR) is 82.6 cm³/mol. The predicted octanol–water partition coefficient (Wildman–Crippen LogP) is 3.50. The van der Waals surface area contributed by atoms with Gasteiger partial charge in [-0.2, -0.15) is 0 Å². The van der Waals surface area contributed by atoms with E-state index in [-0.39, 0.29) is 16.7 Å². The Kier molecular flexibility index (Phi) is 5.37. The molecule has 0 bridgehead atoms. The number of non-ortho nitro benzene ring substituents is 1. The second-order valence-electron chi connectivity index (χ2n) is 4.88. The van der Waals surface area contributed by atoms with E-state index >= 15 is 0 Å². The maximum absolute atomic E-state index is 10.9. The molecule has 0 spiro atoms. The van der Waals surface area contributed by atoms with Crippen molar-refractivity contribution in [1.82, 2.24) is 0 Å². The van der Waals surface area contributed by atoms with Crippen LogP contribution in [0, 0.1) is 10.1 Å². The molecule has 0 amide bonds. The van der Waals surface area contributed by atoms with E-state index in [1.165, 1.54) is 0 Å². The molecule has 5 nitrogen and oxygen atoms in total. The molecule has 1 aromatic rings. The summed E-state index contributed by atoms with van der Waals surface area (Å²) in [5.41, 5.74) is 2.13. The van der Waals surface area contributed by atoms with Crippen LogP contribution in [0.2, 0.25) is 0 Å².